The van der Waals surface area contributed by atoms with Crippen LogP contribution < -0.4 is 0 Å². The molecule has 0 N–H and O–H groups in total. The Morgan fingerprint density at radius 1 is 1.29 bits per heavy atom. The molecule has 0 bridgehead atoms. The van der Waals surface area contributed by atoms with E-state index in [9.17, 15) is 4.39 Å². The zero-order valence-electron chi connectivity index (χ0n) is 9.61. The standard InChI is InChI=1S/C13H14BrFN2/c1-17-7-6-13(16-17)8-11(9-14)10-2-4-12(15)5-3-10/h2-7,11H,8-9H2,1H3. The predicted molar refractivity (Wildman–Crippen MR) is 69.8 cm³/mol. The van der Waals surface area contributed by atoms with Crippen molar-refractivity contribution < 1.29 is 4.39 Å². The molecule has 2 nitrogen and oxygen atoms in total. The molecule has 90 valence electrons. The Morgan fingerprint density at radius 3 is 2.53 bits per heavy atom. The third kappa shape index (κ3) is 3.16. The molecule has 0 amide bonds. The summed E-state index contributed by atoms with van der Waals surface area (Å²) in [6.07, 6.45) is 2.79. The Kier molecular flexibility index (Phi) is 3.94. The molecule has 0 aliphatic rings. The lowest BCUT2D eigenvalue weighted by atomic mass is 9.96. The quantitative estimate of drug-likeness (QED) is 0.792. The van der Waals surface area contributed by atoms with E-state index in [4.69, 9.17) is 0 Å². The van der Waals surface area contributed by atoms with E-state index in [2.05, 4.69) is 21.0 Å². The molecule has 1 aromatic carbocycles. The molecule has 2 aromatic rings. The van der Waals surface area contributed by atoms with Crippen molar-refractivity contribution in [1.29, 1.82) is 0 Å². The van der Waals surface area contributed by atoms with Crippen LogP contribution >= 0.6 is 15.9 Å². The first-order chi connectivity index (χ1) is 8.19. The summed E-state index contributed by atoms with van der Waals surface area (Å²) in [5.74, 6) is 0.130. The van der Waals surface area contributed by atoms with E-state index in [1.165, 1.54) is 12.1 Å². The van der Waals surface area contributed by atoms with E-state index in [0.29, 0.717) is 5.92 Å². The Hall–Kier alpha value is -1.16. The number of halogens is 2. The summed E-state index contributed by atoms with van der Waals surface area (Å²) >= 11 is 3.51. The monoisotopic (exact) mass is 296 g/mol. The highest BCUT2D eigenvalue weighted by molar-refractivity contribution is 9.09. The third-order valence-electron chi connectivity index (χ3n) is 2.75. The molecular weight excluding hydrogens is 283 g/mol. The van der Waals surface area contributed by atoms with Crippen molar-refractivity contribution in [3.05, 3.63) is 53.6 Å². The van der Waals surface area contributed by atoms with Gasteiger partial charge >= 0.3 is 0 Å². The highest BCUT2D eigenvalue weighted by Gasteiger charge is 2.12. The van der Waals surface area contributed by atoms with Gasteiger partial charge in [-0.25, -0.2) is 4.39 Å². The first kappa shape index (κ1) is 12.3. The van der Waals surface area contributed by atoms with Crippen LogP contribution in [0.25, 0.3) is 0 Å². The van der Waals surface area contributed by atoms with E-state index in [-0.39, 0.29) is 5.82 Å². The minimum atomic E-state index is -0.195. The van der Waals surface area contributed by atoms with Gasteiger partial charge in [0, 0.05) is 18.6 Å². The molecule has 4 heteroatoms. The van der Waals surface area contributed by atoms with Crippen LogP contribution in [-0.4, -0.2) is 15.1 Å². The molecule has 0 saturated carbocycles. The Morgan fingerprint density at radius 2 is 2.00 bits per heavy atom. The highest BCUT2D eigenvalue weighted by atomic mass is 79.9. The lowest BCUT2D eigenvalue weighted by Crippen LogP contribution is -2.05. The Balaban J connectivity index is 2.13. The molecule has 17 heavy (non-hydrogen) atoms. The summed E-state index contributed by atoms with van der Waals surface area (Å²) in [5, 5.41) is 5.21. The average molecular weight is 297 g/mol. The first-order valence-electron chi connectivity index (χ1n) is 5.49. The number of hydrogen-bond donors (Lipinski definition) is 0. The molecule has 2 rings (SSSR count). The molecule has 1 heterocycles. The number of benzene rings is 1. The van der Waals surface area contributed by atoms with Crippen LogP contribution in [0.1, 0.15) is 17.2 Å². The third-order valence-corrected chi connectivity index (χ3v) is 3.53. The highest BCUT2D eigenvalue weighted by Crippen LogP contribution is 2.22. The van der Waals surface area contributed by atoms with Crippen LogP contribution in [0.15, 0.2) is 36.5 Å². The zero-order valence-corrected chi connectivity index (χ0v) is 11.2. The van der Waals surface area contributed by atoms with Gasteiger partial charge in [0.25, 0.3) is 0 Å². The van der Waals surface area contributed by atoms with Crippen molar-refractivity contribution >= 4 is 15.9 Å². The second-order valence-corrected chi connectivity index (χ2v) is 4.74. The largest absolute Gasteiger partial charge is 0.276 e. The molecule has 0 spiro atoms. The van der Waals surface area contributed by atoms with E-state index >= 15 is 0 Å². The molecule has 0 radical (unpaired) electrons. The van der Waals surface area contributed by atoms with Gasteiger partial charge in [-0.3, -0.25) is 4.68 Å². The van der Waals surface area contributed by atoms with Crippen LogP contribution in [0.2, 0.25) is 0 Å². The van der Waals surface area contributed by atoms with Crippen molar-refractivity contribution in [2.75, 3.05) is 5.33 Å². The summed E-state index contributed by atoms with van der Waals surface area (Å²) in [6, 6.07) is 8.69. The molecule has 1 atom stereocenters. The van der Waals surface area contributed by atoms with Gasteiger partial charge in [0.15, 0.2) is 0 Å². The molecule has 0 aliphatic heterocycles. The van der Waals surface area contributed by atoms with Crippen LogP contribution in [0.3, 0.4) is 0 Å². The van der Waals surface area contributed by atoms with Crippen LogP contribution in [0, 0.1) is 5.82 Å². The van der Waals surface area contributed by atoms with Gasteiger partial charge in [0.05, 0.1) is 5.69 Å². The van der Waals surface area contributed by atoms with E-state index in [1.807, 2.05) is 31.4 Å². The normalized spacial score (nSPS) is 12.6. The van der Waals surface area contributed by atoms with E-state index < -0.39 is 0 Å². The maximum Gasteiger partial charge on any atom is 0.123 e. The summed E-state index contributed by atoms with van der Waals surface area (Å²) < 4.78 is 14.7. The number of aryl methyl sites for hydroxylation is 1. The first-order valence-corrected chi connectivity index (χ1v) is 6.61. The van der Waals surface area contributed by atoms with Gasteiger partial charge in [-0.2, -0.15) is 5.10 Å². The maximum atomic E-state index is 12.9. The van der Waals surface area contributed by atoms with Gasteiger partial charge in [-0.1, -0.05) is 28.1 Å². The van der Waals surface area contributed by atoms with Crippen molar-refractivity contribution in [2.24, 2.45) is 7.05 Å². The molecule has 1 unspecified atom stereocenters. The SMILES string of the molecule is Cn1ccc(CC(CBr)c2ccc(F)cc2)n1. The summed E-state index contributed by atoms with van der Waals surface area (Å²) in [5.41, 5.74) is 2.19. The topological polar surface area (TPSA) is 17.8 Å². The second-order valence-electron chi connectivity index (χ2n) is 4.09. The molecule has 1 aromatic heterocycles. The average Bonchev–Trinajstić information content (AvgIpc) is 2.73. The van der Waals surface area contributed by atoms with Gasteiger partial charge in [-0.05, 0) is 36.1 Å². The zero-order chi connectivity index (χ0) is 12.3. The predicted octanol–water partition coefficient (Wildman–Crippen LogP) is 3.28. The fourth-order valence-corrected chi connectivity index (χ4v) is 2.42. The minimum Gasteiger partial charge on any atom is -0.276 e. The van der Waals surface area contributed by atoms with Crippen LogP contribution in [-0.2, 0) is 13.5 Å². The number of alkyl halides is 1. The minimum absolute atomic E-state index is 0.195. The fourth-order valence-electron chi connectivity index (χ4n) is 1.82. The van der Waals surface area contributed by atoms with E-state index in [1.54, 1.807) is 4.68 Å². The summed E-state index contributed by atoms with van der Waals surface area (Å²) in [6.45, 7) is 0. The van der Waals surface area contributed by atoms with Gasteiger partial charge in [-0.15, -0.1) is 0 Å². The summed E-state index contributed by atoms with van der Waals surface area (Å²) in [7, 11) is 1.91. The fraction of sp³-hybridized carbons (Fsp3) is 0.308. The van der Waals surface area contributed by atoms with Gasteiger partial charge in [0.1, 0.15) is 5.82 Å². The lowest BCUT2D eigenvalue weighted by Gasteiger charge is -2.12. The molecular formula is C13H14BrFN2. The molecule has 0 aliphatic carbocycles. The van der Waals surface area contributed by atoms with Crippen LogP contribution in [0.5, 0.6) is 0 Å². The number of nitrogens with zero attached hydrogens (tertiary/aromatic N) is 2. The van der Waals surface area contributed by atoms with Crippen LogP contribution in [0.4, 0.5) is 4.39 Å². The lowest BCUT2D eigenvalue weighted by molar-refractivity contribution is 0.625. The number of hydrogen-bond acceptors (Lipinski definition) is 1. The Labute approximate surface area is 109 Å². The second kappa shape index (κ2) is 5.45. The van der Waals surface area contributed by atoms with Crippen molar-refractivity contribution in [3.63, 3.8) is 0 Å². The number of aromatic nitrogens is 2. The Bertz CT molecular complexity index is 478. The van der Waals surface area contributed by atoms with Gasteiger partial charge in [0.2, 0.25) is 0 Å². The number of rotatable bonds is 4. The van der Waals surface area contributed by atoms with Gasteiger partial charge < -0.3 is 0 Å². The van der Waals surface area contributed by atoms with Crippen molar-refractivity contribution in [1.82, 2.24) is 9.78 Å². The maximum absolute atomic E-state index is 12.9. The molecule has 0 fully saturated rings. The smallest absolute Gasteiger partial charge is 0.123 e. The summed E-state index contributed by atoms with van der Waals surface area (Å²) in [4.78, 5) is 0. The van der Waals surface area contributed by atoms with Crippen molar-refractivity contribution in [3.8, 4) is 0 Å². The van der Waals surface area contributed by atoms with E-state index in [0.717, 1.165) is 23.0 Å². The van der Waals surface area contributed by atoms with Crippen molar-refractivity contribution in [2.45, 2.75) is 12.3 Å². The molecule has 0 saturated heterocycles.